The Hall–Kier alpha value is -1.43. The van der Waals surface area contributed by atoms with Crippen molar-refractivity contribution in [1.29, 1.82) is 0 Å². The van der Waals surface area contributed by atoms with Crippen LogP contribution in [0.5, 0.6) is 0 Å². The minimum absolute atomic E-state index is 0.317. The number of aliphatic hydroxyl groups excluding tert-OH is 1. The number of β-amino-alcohol motifs (C(OH)–C–C–N with tert-alkyl or cyclic N) is 1. The number of benzene rings is 1. The van der Waals surface area contributed by atoms with Crippen molar-refractivity contribution in [2.24, 2.45) is 0 Å². The van der Waals surface area contributed by atoms with E-state index in [1.165, 1.54) is 10.1 Å². The smallest absolute Gasteiger partial charge is 0.321 e. The third kappa shape index (κ3) is 2.36. The Morgan fingerprint density at radius 1 is 1.42 bits per heavy atom. The SMILES string of the molecule is O=C(O)C1CC(O)CN1Cc1csc2ccccc12. The highest BCUT2D eigenvalue weighted by molar-refractivity contribution is 7.17. The zero-order valence-corrected chi connectivity index (χ0v) is 11.1. The fourth-order valence-electron chi connectivity index (χ4n) is 2.69. The van der Waals surface area contributed by atoms with Gasteiger partial charge in [0.15, 0.2) is 0 Å². The molecule has 0 saturated carbocycles. The summed E-state index contributed by atoms with van der Waals surface area (Å²) in [5.41, 5.74) is 1.14. The van der Waals surface area contributed by atoms with Gasteiger partial charge in [0.05, 0.1) is 6.10 Å². The van der Waals surface area contributed by atoms with Crippen molar-refractivity contribution >= 4 is 27.4 Å². The van der Waals surface area contributed by atoms with E-state index in [2.05, 4.69) is 17.5 Å². The van der Waals surface area contributed by atoms with Crippen molar-refractivity contribution < 1.29 is 15.0 Å². The number of rotatable bonds is 3. The molecule has 0 aliphatic carbocycles. The van der Waals surface area contributed by atoms with Gasteiger partial charge in [-0.1, -0.05) is 18.2 Å². The number of carbonyl (C=O) groups is 1. The Morgan fingerprint density at radius 3 is 3.00 bits per heavy atom. The highest BCUT2D eigenvalue weighted by atomic mass is 32.1. The summed E-state index contributed by atoms with van der Waals surface area (Å²) in [5.74, 6) is -0.851. The molecule has 1 aliphatic heterocycles. The maximum Gasteiger partial charge on any atom is 0.321 e. The number of hydrogen-bond donors (Lipinski definition) is 2. The standard InChI is InChI=1S/C14H15NO3S/c16-10-5-12(14(17)18)15(7-10)6-9-8-19-13-4-2-1-3-11(9)13/h1-4,8,10,12,16H,5-7H2,(H,17,18). The fraction of sp³-hybridized carbons (Fsp3) is 0.357. The first-order chi connectivity index (χ1) is 9.15. The molecule has 0 bridgehead atoms. The van der Waals surface area contributed by atoms with E-state index in [1.54, 1.807) is 11.3 Å². The van der Waals surface area contributed by atoms with Crippen LogP contribution < -0.4 is 0 Å². The molecule has 1 aromatic carbocycles. The molecule has 100 valence electrons. The molecule has 4 nitrogen and oxygen atoms in total. The average Bonchev–Trinajstić information content (AvgIpc) is 2.95. The molecule has 2 unspecified atom stereocenters. The van der Waals surface area contributed by atoms with E-state index in [-0.39, 0.29) is 0 Å². The summed E-state index contributed by atoms with van der Waals surface area (Å²) in [6.45, 7) is 1.01. The van der Waals surface area contributed by atoms with Gasteiger partial charge in [-0.2, -0.15) is 0 Å². The van der Waals surface area contributed by atoms with E-state index < -0.39 is 18.1 Å². The summed E-state index contributed by atoms with van der Waals surface area (Å²) in [5, 5.41) is 22.1. The molecule has 3 rings (SSSR count). The Kier molecular flexibility index (Phi) is 3.26. The lowest BCUT2D eigenvalue weighted by Crippen LogP contribution is -2.35. The summed E-state index contributed by atoms with van der Waals surface area (Å²) in [4.78, 5) is 13.0. The fourth-order valence-corrected chi connectivity index (χ4v) is 3.64. The van der Waals surface area contributed by atoms with Crippen LogP contribution in [0, 0.1) is 0 Å². The second-order valence-corrected chi connectivity index (χ2v) is 5.84. The summed E-state index contributed by atoms with van der Waals surface area (Å²) >= 11 is 1.67. The molecule has 1 saturated heterocycles. The molecule has 0 radical (unpaired) electrons. The second-order valence-electron chi connectivity index (χ2n) is 4.93. The number of hydrogen-bond acceptors (Lipinski definition) is 4. The number of carboxylic acids is 1. The predicted molar refractivity (Wildman–Crippen MR) is 74.3 cm³/mol. The van der Waals surface area contributed by atoms with E-state index in [4.69, 9.17) is 0 Å². The molecule has 1 fully saturated rings. The second kappa shape index (κ2) is 4.92. The Balaban J connectivity index is 1.86. The van der Waals surface area contributed by atoms with Crippen molar-refractivity contribution in [2.45, 2.75) is 25.1 Å². The Labute approximate surface area is 114 Å². The molecule has 0 amide bonds. The zero-order valence-electron chi connectivity index (χ0n) is 10.3. The molecule has 1 aromatic heterocycles. The van der Waals surface area contributed by atoms with E-state index >= 15 is 0 Å². The van der Waals surface area contributed by atoms with Gasteiger partial charge in [-0.25, -0.2) is 0 Å². The number of carboxylic acid groups (broad SMARTS) is 1. The molecule has 1 aliphatic rings. The van der Waals surface area contributed by atoms with Gasteiger partial charge >= 0.3 is 5.97 Å². The van der Waals surface area contributed by atoms with Crippen LogP contribution in [0.4, 0.5) is 0 Å². The van der Waals surface area contributed by atoms with Crippen LogP contribution in [0.15, 0.2) is 29.6 Å². The average molecular weight is 277 g/mol. The molecule has 0 spiro atoms. The van der Waals surface area contributed by atoms with Crippen molar-refractivity contribution in [1.82, 2.24) is 4.90 Å². The van der Waals surface area contributed by atoms with E-state index in [9.17, 15) is 15.0 Å². The van der Waals surface area contributed by atoms with Gasteiger partial charge in [-0.3, -0.25) is 9.69 Å². The maximum absolute atomic E-state index is 11.2. The first-order valence-corrected chi connectivity index (χ1v) is 7.13. The number of aliphatic hydroxyl groups is 1. The monoisotopic (exact) mass is 277 g/mol. The van der Waals surface area contributed by atoms with Crippen molar-refractivity contribution in [3.63, 3.8) is 0 Å². The topological polar surface area (TPSA) is 60.8 Å². The highest BCUT2D eigenvalue weighted by Gasteiger charge is 2.35. The largest absolute Gasteiger partial charge is 0.480 e. The summed E-state index contributed by atoms with van der Waals surface area (Å²) in [6.07, 6.45) is -0.219. The molecular weight excluding hydrogens is 262 g/mol. The third-order valence-electron chi connectivity index (χ3n) is 3.60. The molecule has 2 N–H and O–H groups in total. The van der Waals surface area contributed by atoms with Gasteiger partial charge < -0.3 is 10.2 Å². The van der Waals surface area contributed by atoms with Crippen LogP contribution in [0.25, 0.3) is 10.1 Å². The minimum Gasteiger partial charge on any atom is -0.480 e. The third-order valence-corrected chi connectivity index (χ3v) is 4.61. The van der Waals surface area contributed by atoms with Gasteiger partial charge in [0.2, 0.25) is 0 Å². The zero-order chi connectivity index (χ0) is 13.4. The molecule has 19 heavy (non-hydrogen) atoms. The van der Waals surface area contributed by atoms with E-state index in [1.807, 2.05) is 17.0 Å². The van der Waals surface area contributed by atoms with Crippen LogP contribution in [0.2, 0.25) is 0 Å². The van der Waals surface area contributed by atoms with Crippen molar-refractivity contribution in [2.75, 3.05) is 6.54 Å². The van der Waals surface area contributed by atoms with E-state index in [0.29, 0.717) is 19.5 Å². The van der Waals surface area contributed by atoms with Crippen LogP contribution in [0.3, 0.4) is 0 Å². The van der Waals surface area contributed by atoms with Crippen LogP contribution in [-0.4, -0.2) is 39.8 Å². The predicted octanol–water partition coefficient (Wildman–Crippen LogP) is 1.92. The van der Waals surface area contributed by atoms with Gasteiger partial charge in [-0.15, -0.1) is 11.3 Å². The Bertz CT molecular complexity index is 610. The van der Waals surface area contributed by atoms with E-state index in [0.717, 1.165) is 5.56 Å². The minimum atomic E-state index is -0.851. The van der Waals surface area contributed by atoms with Crippen molar-refractivity contribution in [3.8, 4) is 0 Å². The van der Waals surface area contributed by atoms with Gasteiger partial charge in [-0.05, 0) is 22.4 Å². The maximum atomic E-state index is 11.2. The first-order valence-electron chi connectivity index (χ1n) is 6.25. The summed E-state index contributed by atoms with van der Waals surface area (Å²) < 4.78 is 1.21. The number of fused-ring (bicyclic) bond motifs is 1. The van der Waals surface area contributed by atoms with Gasteiger partial charge in [0.25, 0.3) is 0 Å². The number of nitrogens with zero attached hydrogens (tertiary/aromatic N) is 1. The van der Waals surface area contributed by atoms with Crippen LogP contribution in [-0.2, 0) is 11.3 Å². The van der Waals surface area contributed by atoms with Crippen LogP contribution >= 0.6 is 11.3 Å². The Morgan fingerprint density at radius 2 is 2.21 bits per heavy atom. The molecule has 2 heterocycles. The lowest BCUT2D eigenvalue weighted by atomic mass is 10.1. The highest BCUT2D eigenvalue weighted by Crippen LogP contribution is 2.29. The molecule has 2 atom stereocenters. The van der Waals surface area contributed by atoms with Gasteiger partial charge in [0.1, 0.15) is 6.04 Å². The van der Waals surface area contributed by atoms with Crippen LogP contribution in [0.1, 0.15) is 12.0 Å². The molecule has 2 aromatic rings. The number of thiophene rings is 1. The summed E-state index contributed by atoms with van der Waals surface area (Å²) in [7, 11) is 0. The molecular formula is C14H15NO3S. The lowest BCUT2D eigenvalue weighted by molar-refractivity contribution is -0.142. The first kappa shape index (κ1) is 12.6. The van der Waals surface area contributed by atoms with Gasteiger partial charge in [0, 0.05) is 24.2 Å². The quantitative estimate of drug-likeness (QED) is 0.900. The van der Waals surface area contributed by atoms with Crippen molar-refractivity contribution in [3.05, 3.63) is 35.2 Å². The lowest BCUT2D eigenvalue weighted by Gasteiger charge is -2.20. The normalized spacial score (nSPS) is 24.1. The molecule has 5 heteroatoms. The number of aliphatic carboxylic acids is 1. The number of likely N-dealkylation sites (tertiary alicyclic amines) is 1. The summed E-state index contributed by atoms with van der Waals surface area (Å²) in [6, 6.07) is 7.54.